The predicted molar refractivity (Wildman–Crippen MR) is 144 cm³/mol. The third-order valence-corrected chi connectivity index (χ3v) is 7.37. The molecule has 2 aliphatic rings. The summed E-state index contributed by atoms with van der Waals surface area (Å²) >= 11 is 9.62. The first-order valence-electron chi connectivity index (χ1n) is 11.4. The smallest absolute Gasteiger partial charge is 0.188 e. The van der Waals surface area contributed by atoms with Crippen molar-refractivity contribution in [3.8, 4) is 0 Å². The molecule has 3 aromatic carbocycles. The van der Waals surface area contributed by atoms with Gasteiger partial charge in [0.15, 0.2) is 5.78 Å². The second-order valence-corrected chi connectivity index (χ2v) is 10.8. The van der Waals surface area contributed by atoms with Crippen LogP contribution in [0.1, 0.15) is 42.9 Å². The maximum Gasteiger partial charge on any atom is 0.188 e. The Kier molecular flexibility index (Phi) is 6.09. The van der Waals surface area contributed by atoms with Gasteiger partial charge in [-0.05, 0) is 64.9 Å². The lowest BCUT2D eigenvalue weighted by atomic mass is 9.67. The summed E-state index contributed by atoms with van der Waals surface area (Å²) in [6, 6.07) is 26.2. The first-order chi connectivity index (χ1) is 16.3. The van der Waals surface area contributed by atoms with Gasteiger partial charge in [0.05, 0.1) is 0 Å². The average molecular weight is 531 g/mol. The molecule has 0 bridgehead atoms. The van der Waals surface area contributed by atoms with Crippen LogP contribution in [0.15, 0.2) is 106 Å². The van der Waals surface area contributed by atoms with Crippen LogP contribution in [0.3, 0.4) is 0 Å². The highest BCUT2D eigenvalue weighted by Crippen LogP contribution is 2.48. The second kappa shape index (κ2) is 9.05. The molecule has 1 aliphatic carbocycles. The quantitative estimate of drug-likeness (QED) is 0.346. The number of benzene rings is 3. The number of hydrogen-bond donors (Lipinski definition) is 1. The van der Waals surface area contributed by atoms with Gasteiger partial charge in [-0.25, -0.2) is 0 Å². The third kappa shape index (κ3) is 4.43. The molecule has 5 rings (SSSR count). The van der Waals surface area contributed by atoms with E-state index in [2.05, 4.69) is 65.4 Å². The number of allylic oxidation sites excluding steroid dienone is 4. The largest absolute Gasteiger partial charge is 0.358 e. The fraction of sp³-hybridized carbons (Fsp3) is 0.167. The van der Waals surface area contributed by atoms with Crippen molar-refractivity contribution >= 4 is 45.1 Å². The zero-order valence-corrected chi connectivity index (χ0v) is 21.5. The van der Waals surface area contributed by atoms with Crippen molar-refractivity contribution in [2.45, 2.75) is 26.2 Å². The van der Waals surface area contributed by atoms with E-state index in [9.17, 15) is 4.79 Å². The lowest BCUT2D eigenvalue weighted by Gasteiger charge is -2.40. The molecule has 0 amide bonds. The summed E-state index contributed by atoms with van der Waals surface area (Å²) in [5.41, 5.74) is 6.60. The van der Waals surface area contributed by atoms with Crippen LogP contribution >= 0.6 is 27.5 Å². The molecule has 1 unspecified atom stereocenters. The summed E-state index contributed by atoms with van der Waals surface area (Å²) < 4.78 is 1.02. The molecule has 170 valence electrons. The highest BCUT2D eigenvalue weighted by atomic mass is 79.9. The minimum atomic E-state index is -0.314. The van der Waals surface area contributed by atoms with Gasteiger partial charge < -0.3 is 5.32 Å². The van der Waals surface area contributed by atoms with E-state index in [0.29, 0.717) is 5.02 Å². The highest BCUT2D eigenvalue weighted by molar-refractivity contribution is 9.10. The van der Waals surface area contributed by atoms with Gasteiger partial charge in [-0.15, -0.1) is 0 Å². The van der Waals surface area contributed by atoms with E-state index in [1.54, 1.807) is 0 Å². The van der Waals surface area contributed by atoms with Crippen LogP contribution in [0.25, 0.3) is 11.8 Å². The van der Waals surface area contributed by atoms with Gasteiger partial charge in [0.1, 0.15) is 0 Å². The van der Waals surface area contributed by atoms with E-state index in [-0.39, 0.29) is 17.1 Å². The Bertz CT molecular complexity index is 1330. The normalized spacial score (nSPS) is 20.6. The first kappa shape index (κ1) is 22.9. The monoisotopic (exact) mass is 529 g/mol. The summed E-state index contributed by atoms with van der Waals surface area (Å²) in [5.74, 6) is -0.0262. The Morgan fingerprint density at radius 3 is 2.32 bits per heavy atom. The lowest BCUT2D eigenvalue weighted by Crippen LogP contribution is -2.37. The summed E-state index contributed by atoms with van der Waals surface area (Å²) in [4.78, 5) is 14.1. The molecule has 0 spiro atoms. The minimum Gasteiger partial charge on any atom is -0.358 e. The topological polar surface area (TPSA) is 29.1 Å². The Hall–Kier alpha value is -2.88. The number of dihydropyridines is 1. The molecule has 4 heteroatoms. The second-order valence-electron chi connectivity index (χ2n) is 9.49. The van der Waals surface area contributed by atoms with Crippen molar-refractivity contribution in [2.24, 2.45) is 5.41 Å². The molecule has 0 fully saturated rings. The number of Topliss-reactive ketones (excluding diaryl/α,β-unsaturated/α-hetero) is 1. The van der Waals surface area contributed by atoms with Crippen LogP contribution in [0.2, 0.25) is 5.02 Å². The van der Waals surface area contributed by atoms with E-state index < -0.39 is 0 Å². The van der Waals surface area contributed by atoms with Gasteiger partial charge in [-0.1, -0.05) is 96.0 Å². The van der Waals surface area contributed by atoms with Crippen LogP contribution in [0, 0.1) is 5.41 Å². The molecule has 1 heterocycles. The van der Waals surface area contributed by atoms with Gasteiger partial charge in [-0.2, -0.15) is 0 Å². The fourth-order valence-corrected chi connectivity index (χ4v) is 5.21. The summed E-state index contributed by atoms with van der Waals surface area (Å²) in [6.07, 6.45) is 4.97. The van der Waals surface area contributed by atoms with Crippen molar-refractivity contribution in [1.29, 1.82) is 0 Å². The van der Waals surface area contributed by atoms with E-state index in [1.807, 2.05) is 60.7 Å². The van der Waals surface area contributed by atoms with E-state index in [4.69, 9.17) is 11.6 Å². The van der Waals surface area contributed by atoms with Crippen LogP contribution in [0.5, 0.6) is 0 Å². The van der Waals surface area contributed by atoms with Crippen LogP contribution in [-0.2, 0) is 4.79 Å². The van der Waals surface area contributed by atoms with Gasteiger partial charge >= 0.3 is 0 Å². The van der Waals surface area contributed by atoms with Crippen molar-refractivity contribution in [2.75, 3.05) is 0 Å². The number of carbonyl (C=O) groups is 1. The maximum absolute atomic E-state index is 14.1. The number of carbonyl (C=O) groups excluding carboxylic acids is 1. The summed E-state index contributed by atoms with van der Waals surface area (Å²) in [6.45, 7) is 4.29. The van der Waals surface area contributed by atoms with Crippen LogP contribution in [0.4, 0.5) is 0 Å². The van der Waals surface area contributed by atoms with E-state index >= 15 is 0 Å². The zero-order chi connectivity index (χ0) is 23.9. The fourth-order valence-electron chi connectivity index (χ4n) is 4.82. The molecule has 0 saturated carbocycles. The summed E-state index contributed by atoms with van der Waals surface area (Å²) in [7, 11) is 0. The molecule has 0 aromatic heterocycles. The maximum atomic E-state index is 14.1. The number of hydrogen-bond acceptors (Lipinski definition) is 2. The van der Waals surface area contributed by atoms with Crippen molar-refractivity contribution in [1.82, 2.24) is 5.32 Å². The highest BCUT2D eigenvalue weighted by Gasteiger charge is 2.42. The molecular weight excluding hydrogens is 506 g/mol. The van der Waals surface area contributed by atoms with Crippen LogP contribution in [-0.4, -0.2) is 5.78 Å². The number of nitrogens with one attached hydrogen (secondary N) is 1. The SMILES string of the molecule is CC1(C)CC2=C(C(=O)/C1=C\c1ccc(Cl)cc1)C(c1ccc(Br)cc1)C=C(c1ccccc1)N2. The van der Waals surface area contributed by atoms with E-state index in [1.165, 1.54) is 0 Å². The van der Waals surface area contributed by atoms with E-state index in [0.717, 1.165) is 50.1 Å². The number of halogens is 2. The van der Waals surface area contributed by atoms with Crippen molar-refractivity contribution < 1.29 is 4.79 Å². The minimum absolute atomic E-state index is 0.102. The molecule has 1 N–H and O–H groups in total. The van der Waals surface area contributed by atoms with Gasteiger partial charge in [0.25, 0.3) is 0 Å². The molecule has 3 aromatic rings. The Balaban J connectivity index is 1.63. The molecule has 34 heavy (non-hydrogen) atoms. The zero-order valence-electron chi connectivity index (χ0n) is 19.1. The number of rotatable bonds is 3. The molecule has 1 atom stereocenters. The molecule has 0 saturated heterocycles. The standard InChI is InChI=1S/C30H25BrClNO/c1-30(2)18-27-28(29(34)25(30)16-19-8-14-23(32)15-9-19)24(20-10-12-22(31)13-11-20)17-26(33-27)21-6-4-3-5-7-21/h3-17,24,33H,18H2,1-2H3/b25-16+. The van der Waals surface area contributed by atoms with Crippen LogP contribution < -0.4 is 5.32 Å². The molecule has 2 nitrogen and oxygen atoms in total. The molecular formula is C30H25BrClNO. The number of ketones is 1. The Morgan fingerprint density at radius 2 is 1.65 bits per heavy atom. The van der Waals surface area contributed by atoms with Gasteiger partial charge in [0.2, 0.25) is 0 Å². The average Bonchev–Trinajstić information content (AvgIpc) is 2.83. The summed E-state index contributed by atoms with van der Waals surface area (Å²) in [5, 5.41) is 4.31. The Labute approximate surface area is 214 Å². The third-order valence-electron chi connectivity index (χ3n) is 6.59. The van der Waals surface area contributed by atoms with Gasteiger partial charge in [0, 0.05) is 38.0 Å². The predicted octanol–water partition coefficient (Wildman–Crippen LogP) is 8.17. The van der Waals surface area contributed by atoms with Gasteiger partial charge in [-0.3, -0.25) is 4.79 Å². The molecule has 1 aliphatic heterocycles. The first-order valence-corrected chi connectivity index (χ1v) is 12.5. The lowest BCUT2D eigenvalue weighted by molar-refractivity contribution is -0.113. The molecule has 0 radical (unpaired) electrons. The van der Waals surface area contributed by atoms with Crippen molar-refractivity contribution in [3.05, 3.63) is 128 Å². The Morgan fingerprint density at radius 1 is 0.971 bits per heavy atom. The van der Waals surface area contributed by atoms with Crippen molar-refractivity contribution in [3.63, 3.8) is 0 Å².